The number of carbonyl (C=O) groups excluding carboxylic acids is 1. The molecule has 4 rings (SSSR count). The Morgan fingerprint density at radius 1 is 1.32 bits per heavy atom. The number of benzene rings is 2. The minimum atomic E-state index is -0.315. The Morgan fingerprint density at radius 3 is 2.84 bits per heavy atom. The molecule has 0 bridgehead atoms. The van der Waals surface area contributed by atoms with E-state index in [1.807, 2.05) is 64.2 Å². The van der Waals surface area contributed by atoms with E-state index in [0.29, 0.717) is 29.4 Å². The molecule has 0 saturated heterocycles. The largest absolute Gasteiger partial charge is 0.491 e. The highest BCUT2D eigenvalue weighted by Gasteiger charge is 2.33. The summed E-state index contributed by atoms with van der Waals surface area (Å²) in [6, 6.07) is 13.0. The lowest BCUT2D eigenvalue weighted by atomic mass is 10.0. The molecule has 0 fully saturated rings. The number of hydrogen-bond acceptors (Lipinski definition) is 5. The number of anilines is 1. The van der Waals surface area contributed by atoms with Crippen molar-refractivity contribution in [3.8, 4) is 22.8 Å². The highest BCUT2D eigenvalue weighted by atomic mass is 16.5. The molecule has 31 heavy (non-hydrogen) atoms. The molecule has 1 aromatic heterocycles. The van der Waals surface area contributed by atoms with Crippen LogP contribution in [0.4, 0.5) is 5.69 Å². The van der Waals surface area contributed by atoms with Crippen molar-refractivity contribution in [1.82, 2.24) is 9.78 Å². The highest BCUT2D eigenvalue weighted by molar-refractivity contribution is 6.07. The number of nitrogens with zero attached hydrogens (tertiary/aromatic N) is 2. The molecule has 162 valence electrons. The van der Waals surface area contributed by atoms with Gasteiger partial charge in [-0.2, -0.15) is 5.10 Å². The van der Waals surface area contributed by atoms with E-state index in [9.17, 15) is 4.79 Å². The molecule has 2 aromatic carbocycles. The number of aromatic nitrogens is 2. The van der Waals surface area contributed by atoms with Gasteiger partial charge >= 0.3 is 0 Å². The van der Waals surface area contributed by atoms with Gasteiger partial charge in [0.15, 0.2) is 0 Å². The van der Waals surface area contributed by atoms with Crippen molar-refractivity contribution in [2.45, 2.75) is 38.8 Å². The van der Waals surface area contributed by atoms with Crippen molar-refractivity contribution in [2.24, 2.45) is 12.8 Å². The van der Waals surface area contributed by atoms with Crippen LogP contribution in [-0.4, -0.2) is 33.9 Å². The molecule has 3 N–H and O–H groups in total. The molecule has 0 radical (unpaired) electrons. The first-order chi connectivity index (χ1) is 14.7. The number of rotatable bonds is 6. The summed E-state index contributed by atoms with van der Waals surface area (Å²) >= 11 is 0. The Morgan fingerprint density at radius 2 is 2.13 bits per heavy atom. The monoisotopic (exact) mass is 420 g/mol. The van der Waals surface area contributed by atoms with Gasteiger partial charge in [0.1, 0.15) is 23.7 Å². The lowest BCUT2D eigenvalue weighted by Gasteiger charge is -2.18. The van der Waals surface area contributed by atoms with Gasteiger partial charge in [-0.3, -0.25) is 9.48 Å². The topological polar surface area (TPSA) is 91.4 Å². The zero-order chi connectivity index (χ0) is 22.2. The minimum absolute atomic E-state index is 0.0943. The molecule has 0 saturated carbocycles. The van der Waals surface area contributed by atoms with Crippen LogP contribution in [0.15, 0.2) is 48.7 Å². The quantitative estimate of drug-likeness (QED) is 0.633. The van der Waals surface area contributed by atoms with E-state index >= 15 is 0 Å². The van der Waals surface area contributed by atoms with Gasteiger partial charge in [0, 0.05) is 37.0 Å². The first kappa shape index (κ1) is 20.9. The lowest BCUT2D eigenvalue weighted by Crippen LogP contribution is -2.25. The molecule has 7 heteroatoms. The standard InChI is InChI=1S/C24H28N4O3/c1-15(25)14-30-21-9-8-17(12-19(21)20-10-11-26-28(20)4)27-23(29)18-7-5-6-16-13-24(2,3)31-22(16)18/h5-12,15H,13-14,25H2,1-4H3,(H,27,29)/t15-/m1/s1. The average Bonchev–Trinajstić information content (AvgIpc) is 3.27. The van der Waals surface area contributed by atoms with Crippen LogP contribution in [0.2, 0.25) is 0 Å². The molecule has 0 aliphatic carbocycles. The van der Waals surface area contributed by atoms with Crippen LogP contribution in [-0.2, 0) is 13.5 Å². The first-order valence-electron chi connectivity index (χ1n) is 10.4. The van der Waals surface area contributed by atoms with Gasteiger partial charge in [-0.05, 0) is 56.7 Å². The predicted molar refractivity (Wildman–Crippen MR) is 121 cm³/mol. The number of nitrogens with one attached hydrogen (secondary N) is 1. The van der Waals surface area contributed by atoms with Crippen molar-refractivity contribution >= 4 is 11.6 Å². The second kappa shape index (κ2) is 8.07. The third kappa shape index (κ3) is 4.41. The number of carbonyl (C=O) groups is 1. The second-order valence-electron chi connectivity index (χ2n) is 8.63. The molecule has 7 nitrogen and oxygen atoms in total. The van der Waals surface area contributed by atoms with Gasteiger partial charge in [-0.1, -0.05) is 12.1 Å². The minimum Gasteiger partial charge on any atom is -0.491 e. The SMILES string of the molecule is C[C@@H](N)COc1ccc(NC(=O)c2cccc3c2OC(C)(C)C3)cc1-c1ccnn1C. The summed E-state index contributed by atoms with van der Waals surface area (Å²) in [6.07, 6.45) is 2.50. The van der Waals surface area contributed by atoms with Crippen molar-refractivity contribution < 1.29 is 14.3 Å². The van der Waals surface area contributed by atoms with E-state index in [-0.39, 0.29) is 17.6 Å². The van der Waals surface area contributed by atoms with Gasteiger partial charge in [-0.25, -0.2) is 0 Å². The average molecular weight is 421 g/mol. The van der Waals surface area contributed by atoms with Gasteiger partial charge in [-0.15, -0.1) is 0 Å². The van der Waals surface area contributed by atoms with E-state index in [2.05, 4.69) is 10.4 Å². The van der Waals surface area contributed by atoms with Crippen LogP contribution in [0, 0.1) is 0 Å². The molecule has 1 amide bonds. The van der Waals surface area contributed by atoms with Gasteiger partial charge in [0.25, 0.3) is 5.91 Å². The fourth-order valence-electron chi connectivity index (χ4n) is 3.79. The maximum atomic E-state index is 13.1. The Hall–Kier alpha value is -3.32. The fraction of sp³-hybridized carbons (Fsp3) is 0.333. The predicted octanol–water partition coefficient (Wildman–Crippen LogP) is 3.78. The fourth-order valence-corrected chi connectivity index (χ4v) is 3.79. The number of para-hydroxylation sites is 1. The Balaban J connectivity index is 1.64. The Labute approximate surface area is 182 Å². The molecule has 1 aliphatic rings. The van der Waals surface area contributed by atoms with Crippen molar-refractivity contribution in [2.75, 3.05) is 11.9 Å². The summed E-state index contributed by atoms with van der Waals surface area (Å²) in [5, 5.41) is 7.25. The van der Waals surface area contributed by atoms with Crippen molar-refractivity contribution in [1.29, 1.82) is 0 Å². The van der Waals surface area contributed by atoms with Crippen molar-refractivity contribution in [3.63, 3.8) is 0 Å². The maximum absolute atomic E-state index is 13.1. The van der Waals surface area contributed by atoms with Crippen LogP contribution < -0.4 is 20.5 Å². The summed E-state index contributed by atoms with van der Waals surface area (Å²) in [6.45, 7) is 6.32. The van der Waals surface area contributed by atoms with Crippen LogP contribution in [0.5, 0.6) is 11.5 Å². The molecule has 2 heterocycles. The summed E-state index contributed by atoms with van der Waals surface area (Å²) in [4.78, 5) is 13.1. The maximum Gasteiger partial charge on any atom is 0.259 e. The van der Waals surface area contributed by atoms with Crippen molar-refractivity contribution in [3.05, 3.63) is 59.8 Å². The molecular weight excluding hydrogens is 392 g/mol. The van der Waals surface area contributed by atoms with E-state index in [4.69, 9.17) is 15.2 Å². The second-order valence-corrected chi connectivity index (χ2v) is 8.63. The molecule has 1 atom stereocenters. The van der Waals surface area contributed by atoms with Gasteiger partial charge < -0.3 is 20.5 Å². The van der Waals surface area contributed by atoms with Crippen LogP contribution in [0.3, 0.4) is 0 Å². The molecular formula is C24H28N4O3. The molecule has 0 unspecified atom stereocenters. The third-order valence-electron chi connectivity index (χ3n) is 5.17. The van der Waals surface area contributed by atoms with E-state index < -0.39 is 0 Å². The molecule has 1 aliphatic heterocycles. The number of nitrogens with two attached hydrogens (primary N) is 1. The number of fused-ring (bicyclic) bond motifs is 1. The number of aryl methyl sites for hydroxylation is 1. The Kier molecular flexibility index (Phi) is 5.45. The van der Waals surface area contributed by atoms with E-state index in [1.54, 1.807) is 16.9 Å². The van der Waals surface area contributed by atoms with Gasteiger partial charge in [0.05, 0.1) is 11.3 Å². The zero-order valence-corrected chi connectivity index (χ0v) is 18.3. The zero-order valence-electron chi connectivity index (χ0n) is 18.3. The smallest absolute Gasteiger partial charge is 0.259 e. The molecule has 3 aromatic rings. The lowest BCUT2D eigenvalue weighted by molar-refractivity contribution is 0.101. The number of ether oxygens (including phenoxy) is 2. The summed E-state index contributed by atoms with van der Waals surface area (Å²) < 4.78 is 13.7. The third-order valence-corrected chi connectivity index (χ3v) is 5.17. The molecule has 0 spiro atoms. The first-order valence-corrected chi connectivity index (χ1v) is 10.4. The summed E-state index contributed by atoms with van der Waals surface area (Å²) in [5.74, 6) is 1.13. The van der Waals surface area contributed by atoms with E-state index in [0.717, 1.165) is 23.2 Å². The van der Waals surface area contributed by atoms with Crippen LogP contribution in [0.25, 0.3) is 11.3 Å². The summed E-state index contributed by atoms with van der Waals surface area (Å²) in [5.41, 5.74) is 9.48. The Bertz CT molecular complexity index is 1120. The van der Waals surface area contributed by atoms with E-state index in [1.165, 1.54) is 0 Å². The van der Waals surface area contributed by atoms with Crippen LogP contribution >= 0.6 is 0 Å². The summed E-state index contributed by atoms with van der Waals surface area (Å²) in [7, 11) is 1.86. The number of amides is 1. The van der Waals surface area contributed by atoms with Gasteiger partial charge in [0.2, 0.25) is 0 Å². The highest BCUT2D eigenvalue weighted by Crippen LogP contribution is 2.38. The number of hydrogen-bond donors (Lipinski definition) is 2. The van der Waals surface area contributed by atoms with Crippen LogP contribution in [0.1, 0.15) is 36.7 Å². The normalized spacial score (nSPS) is 15.1.